The monoisotopic (exact) mass is 221 g/mol. The van der Waals surface area contributed by atoms with E-state index in [-0.39, 0.29) is 5.82 Å². The molecule has 1 N–H and O–H groups in total. The van der Waals surface area contributed by atoms with Crippen molar-refractivity contribution in [2.75, 3.05) is 13.2 Å². The van der Waals surface area contributed by atoms with Crippen LogP contribution in [-0.2, 0) is 6.42 Å². The highest BCUT2D eigenvalue weighted by Gasteiger charge is 2.24. The number of nitrogens with one attached hydrogen (secondary N) is 1. The standard InChI is InChI=1S/C13H16FNO/c14-9-7-11(12-4-1-5-15-12)10-3-2-6-16-13(10)8-9/h7-8,12,15H,1-6H2. The van der Waals surface area contributed by atoms with Gasteiger partial charge in [0.1, 0.15) is 11.6 Å². The van der Waals surface area contributed by atoms with Gasteiger partial charge in [-0.15, -0.1) is 0 Å². The third kappa shape index (κ3) is 1.69. The summed E-state index contributed by atoms with van der Waals surface area (Å²) in [5, 5.41) is 3.43. The summed E-state index contributed by atoms with van der Waals surface area (Å²) in [7, 11) is 0. The third-order valence-corrected chi connectivity index (χ3v) is 3.47. The van der Waals surface area contributed by atoms with Gasteiger partial charge in [-0.05, 0) is 49.4 Å². The maximum absolute atomic E-state index is 13.5. The second kappa shape index (κ2) is 4.06. The summed E-state index contributed by atoms with van der Waals surface area (Å²) in [6.45, 7) is 1.75. The molecule has 0 saturated carbocycles. The van der Waals surface area contributed by atoms with Crippen LogP contribution in [0.1, 0.15) is 36.4 Å². The summed E-state index contributed by atoms with van der Waals surface area (Å²) in [6, 6.07) is 3.52. The van der Waals surface area contributed by atoms with Gasteiger partial charge in [-0.1, -0.05) is 0 Å². The van der Waals surface area contributed by atoms with E-state index in [0.717, 1.165) is 37.1 Å². The molecule has 0 radical (unpaired) electrons. The van der Waals surface area contributed by atoms with Gasteiger partial charge in [-0.25, -0.2) is 4.39 Å². The average Bonchev–Trinajstić information content (AvgIpc) is 2.81. The Morgan fingerprint density at radius 3 is 3.06 bits per heavy atom. The molecular weight excluding hydrogens is 205 g/mol. The SMILES string of the molecule is Fc1cc2c(c(C3CCCN3)c1)CCCO2. The van der Waals surface area contributed by atoms with Gasteiger partial charge in [0.25, 0.3) is 0 Å². The van der Waals surface area contributed by atoms with E-state index in [1.807, 2.05) is 0 Å². The molecule has 0 bridgehead atoms. The Bertz CT molecular complexity index is 399. The summed E-state index contributed by atoms with van der Waals surface area (Å²) in [5.74, 6) is 0.583. The second-order valence-electron chi connectivity index (χ2n) is 4.57. The third-order valence-electron chi connectivity index (χ3n) is 3.47. The van der Waals surface area contributed by atoms with Crippen molar-refractivity contribution >= 4 is 0 Å². The fraction of sp³-hybridized carbons (Fsp3) is 0.538. The number of ether oxygens (including phenoxy) is 1. The van der Waals surface area contributed by atoms with Crippen molar-refractivity contribution in [1.29, 1.82) is 0 Å². The van der Waals surface area contributed by atoms with Gasteiger partial charge in [0, 0.05) is 12.1 Å². The zero-order valence-electron chi connectivity index (χ0n) is 9.26. The molecule has 1 saturated heterocycles. The normalized spacial score (nSPS) is 23.9. The number of benzene rings is 1. The van der Waals surface area contributed by atoms with E-state index in [4.69, 9.17) is 4.74 Å². The molecule has 1 atom stereocenters. The molecule has 2 nitrogen and oxygen atoms in total. The molecule has 16 heavy (non-hydrogen) atoms. The first-order chi connectivity index (χ1) is 7.84. The molecule has 3 rings (SSSR count). The highest BCUT2D eigenvalue weighted by atomic mass is 19.1. The Kier molecular flexibility index (Phi) is 2.56. The van der Waals surface area contributed by atoms with Gasteiger partial charge in [0.2, 0.25) is 0 Å². The molecular formula is C13H16FNO. The molecule has 1 fully saturated rings. The van der Waals surface area contributed by atoms with E-state index >= 15 is 0 Å². The molecule has 0 aliphatic carbocycles. The largest absolute Gasteiger partial charge is 0.493 e. The Labute approximate surface area is 94.8 Å². The van der Waals surface area contributed by atoms with Crippen molar-refractivity contribution < 1.29 is 9.13 Å². The number of hydrogen-bond acceptors (Lipinski definition) is 2. The molecule has 2 aliphatic heterocycles. The first-order valence-electron chi connectivity index (χ1n) is 6.03. The summed E-state index contributed by atoms with van der Waals surface area (Å²) in [4.78, 5) is 0. The Hall–Kier alpha value is -1.09. The van der Waals surface area contributed by atoms with Crippen LogP contribution >= 0.6 is 0 Å². The van der Waals surface area contributed by atoms with Crippen LogP contribution < -0.4 is 10.1 Å². The molecule has 1 unspecified atom stereocenters. The van der Waals surface area contributed by atoms with Crippen molar-refractivity contribution in [3.63, 3.8) is 0 Å². The van der Waals surface area contributed by atoms with Crippen LogP contribution in [0.5, 0.6) is 5.75 Å². The van der Waals surface area contributed by atoms with Crippen LogP contribution in [0.3, 0.4) is 0 Å². The maximum Gasteiger partial charge on any atom is 0.127 e. The molecule has 0 aromatic heterocycles. The van der Waals surface area contributed by atoms with Crippen molar-refractivity contribution in [3.8, 4) is 5.75 Å². The molecule has 86 valence electrons. The zero-order chi connectivity index (χ0) is 11.0. The number of rotatable bonds is 1. The van der Waals surface area contributed by atoms with Crippen LogP contribution in [0.4, 0.5) is 4.39 Å². The molecule has 0 amide bonds. The van der Waals surface area contributed by atoms with Crippen LogP contribution in [0.15, 0.2) is 12.1 Å². The lowest BCUT2D eigenvalue weighted by Crippen LogP contribution is -2.18. The second-order valence-corrected chi connectivity index (χ2v) is 4.57. The lowest BCUT2D eigenvalue weighted by molar-refractivity contribution is 0.285. The fourth-order valence-corrected chi connectivity index (χ4v) is 2.72. The summed E-state index contributed by atoms with van der Waals surface area (Å²) in [6.07, 6.45) is 4.34. The minimum absolute atomic E-state index is 0.177. The quantitative estimate of drug-likeness (QED) is 0.787. The van der Waals surface area contributed by atoms with Crippen molar-refractivity contribution in [3.05, 3.63) is 29.1 Å². The van der Waals surface area contributed by atoms with E-state index in [2.05, 4.69) is 5.32 Å². The van der Waals surface area contributed by atoms with Gasteiger partial charge >= 0.3 is 0 Å². The minimum atomic E-state index is -0.177. The van der Waals surface area contributed by atoms with Crippen LogP contribution in [0, 0.1) is 5.82 Å². The van der Waals surface area contributed by atoms with E-state index in [0.29, 0.717) is 12.6 Å². The Balaban J connectivity index is 2.04. The summed E-state index contributed by atoms with van der Waals surface area (Å²) >= 11 is 0. The topological polar surface area (TPSA) is 21.3 Å². The number of halogens is 1. The van der Waals surface area contributed by atoms with Crippen molar-refractivity contribution in [2.24, 2.45) is 0 Å². The number of hydrogen-bond donors (Lipinski definition) is 1. The Morgan fingerprint density at radius 1 is 1.31 bits per heavy atom. The highest BCUT2D eigenvalue weighted by Crippen LogP contribution is 2.35. The lowest BCUT2D eigenvalue weighted by atomic mass is 9.94. The lowest BCUT2D eigenvalue weighted by Gasteiger charge is -2.23. The van der Waals surface area contributed by atoms with Gasteiger partial charge in [0.05, 0.1) is 6.61 Å². The van der Waals surface area contributed by atoms with E-state index < -0.39 is 0 Å². The first kappa shape index (κ1) is 10.1. The first-order valence-corrected chi connectivity index (χ1v) is 6.03. The number of fused-ring (bicyclic) bond motifs is 1. The smallest absolute Gasteiger partial charge is 0.127 e. The average molecular weight is 221 g/mol. The van der Waals surface area contributed by atoms with Crippen molar-refractivity contribution in [2.45, 2.75) is 31.7 Å². The van der Waals surface area contributed by atoms with Crippen LogP contribution in [0.2, 0.25) is 0 Å². The Morgan fingerprint density at radius 2 is 2.25 bits per heavy atom. The molecule has 3 heteroatoms. The fourth-order valence-electron chi connectivity index (χ4n) is 2.72. The predicted octanol–water partition coefficient (Wildman–Crippen LogP) is 2.58. The van der Waals surface area contributed by atoms with Crippen LogP contribution in [0.25, 0.3) is 0 Å². The summed E-state index contributed by atoms with van der Waals surface area (Å²) < 4.78 is 19.0. The molecule has 1 aromatic carbocycles. The van der Waals surface area contributed by atoms with Crippen molar-refractivity contribution in [1.82, 2.24) is 5.32 Å². The van der Waals surface area contributed by atoms with E-state index in [1.165, 1.54) is 18.1 Å². The maximum atomic E-state index is 13.5. The predicted molar refractivity (Wildman–Crippen MR) is 60.2 cm³/mol. The zero-order valence-corrected chi connectivity index (χ0v) is 9.26. The minimum Gasteiger partial charge on any atom is -0.493 e. The van der Waals surface area contributed by atoms with Gasteiger partial charge in [0.15, 0.2) is 0 Å². The molecule has 0 spiro atoms. The van der Waals surface area contributed by atoms with Gasteiger partial charge in [-0.3, -0.25) is 0 Å². The van der Waals surface area contributed by atoms with Gasteiger partial charge in [-0.2, -0.15) is 0 Å². The van der Waals surface area contributed by atoms with E-state index in [1.54, 1.807) is 6.07 Å². The highest BCUT2D eigenvalue weighted by molar-refractivity contribution is 5.44. The summed E-state index contributed by atoms with van der Waals surface area (Å²) in [5.41, 5.74) is 2.33. The van der Waals surface area contributed by atoms with Crippen LogP contribution in [-0.4, -0.2) is 13.2 Å². The molecule has 2 heterocycles. The van der Waals surface area contributed by atoms with Gasteiger partial charge < -0.3 is 10.1 Å². The van der Waals surface area contributed by atoms with E-state index in [9.17, 15) is 4.39 Å². The molecule has 2 aliphatic rings. The molecule has 1 aromatic rings.